The van der Waals surface area contributed by atoms with Gasteiger partial charge in [-0.25, -0.2) is 4.39 Å². The van der Waals surface area contributed by atoms with Gasteiger partial charge in [-0.2, -0.15) is 0 Å². The van der Waals surface area contributed by atoms with Crippen molar-refractivity contribution in [3.8, 4) is 0 Å². The molecule has 2 rings (SSSR count). The predicted molar refractivity (Wildman–Crippen MR) is 77.4 cm³/mol. The van der Waals surface area contributed by atoms with Gasteiger partial charge in [0.15, 0.2) is 0 Å². The van der Waals surface area contributed by atoms with E-state index in [-0.39, 0.29) is 5.82 Å². The molecule has 0 aliphatic rings. The fourth-order valence-corrected chi connectivity index (χ4v) is 3.04. The first-order valence-electron chi connectivity index (χ1n) is 5.61. The van der Waals surface area contributed by atoms with E-state index in [0.717, 1.165) is 14.9 Å². The van der Waals surface area contributed by atoms with Crippen LogP contribution in [0.25, 0.3) is 0 Å². The maximum atomic E-state index is 13.9. The number of nitrogens with two attached hydrogens (primary N) is 1. The smallest absolute Gasteiger partial charge is 0.137 e. The molecule has 0 heterocycles. The molecule has 0 bridgehead atoms. The highest BCUT2D eigenvalue weighted by Crippen LogP contribution is 2.31. The predicted octanol–water partition coefficient (Wildman–Crippen LogP) is 4.24. The van der Waals surface area contributed by atoms with Gasteiger partial charge >= 0.3 is 0 Å². The summed E-state index contributed by atoms with van der Waals surface area (Å²) < 4.78 is 14.9. The Morgan fingerprint density at radius 2 is 2.00 bits per heavy atom. The summed E-state index contributed by atoms with van der Waals surface area (Å²) in [6, 6.07) is 13.1. The largest absolute Gasteiger partial charge is 0.330 e. The minimum atomic E-state index is -0.189. The van der Waals surface area contributed by atoms with Crippen LogP contribution in [0, 0.1) is 5.82 Å². The molecular weight excluding hydrogens is 313 g/mol. The fraction of sp³-hybridized carbons (Fsp3) is 0.143. The average molecular weight is 326 g/mol. The Morgan fingerprint density at radius 1 is 1.17 bits per heavy atom. The van der Waals surface area contributed by atoms with Crippen LogP contribution in [0.15, 0.2) is 56.7 Å². The van der Waals surface area contributed by atoms with Crippen LogP contribution in [-0.4, -0.2) is 6.54 Å². The summed E-state index contributed by atoms with van der Waals surface area (Å²) in [5.41, 5.74) is 6.39. The zero-order valence-electron chi connectivity index (χ0n) is 9.70. The van der Waals surface area contributed by atoms with Crippen LogP contribution >= 0.6 is 27.7 Å². The van der Waals surface area contributed by atoms with E-state index in [4.69, 9.17) is 5.73 Å². The first-order valence-corrected chi connectivity index (χ1v) is 7.22. The highest BCUT2D eigenvalue weighted by atomic mass is 79.9. The standard InChI is InChI=1S/C14H13BrFNS/c15-11-2-1-3-12(9-11)18-14-5-4-10(6-7-17)8-13(14)16/h1-5,8-9H,6-7,17H2. The van der Waals surface area contributed by atoms with Crippen LogP contribution in [0.4, 0.5) is 4.39 Å². The molecule has 0 aliphatic carbocycles. The third kappa shape index (κ3) is 3.57. The second-order valence-electron chi connectivity index (χ2n) is 3.86. The van der Waals surface area contributed by atoms with Crippen molar-refractivity contribution in [3.63, 3.8) is 0 Å². The van der Waals surface area contributed by atoms with Gasteiger partial charge in [-0.15, -0.1) is 0 Å². The van der Waals surface area contributed by atoms with Crippen molar-refractivity contribution >= 4 is 27.7 Å². The van der Waals surface area contributed by atoms with Crippen molar-refractivity contribution in [2.24, 2.45) is 5.73 Å². The van der Waals surface area contributed by atoms with Crippen LogP contribution in [-0.2, 0) is 6.42 Å². The van der Waals surface area contributed by atoms with Crippen LogP contribution in [0.5, 0.6) is 0 Å². The van der Waals surface area contributed by atoms with Gasteiger partial charge in [0.25, 0.3) is 0 Å². The Morgan fingerprint density at radius 3 is 2.67 bits per heavy atom. The van der Waals surface area contributed by atoms with Gasteiger partial charge in [-0.05, 0) is 48.9 Å². The van der Waals surface area contributed by atoms with E-state index < -0.39 is 0 Å². The topological polar surface area (TPSA) is 26.0 Å². The van der Waals surface area contributed by atoms with Crippen molar-refractivity contribution in [2.45, 2.75) is 16.2 Å². The van der Waals surface area contributed by atoms with Crippen LogP contribution < -0.4 is 5.73 Å². The summed E-state index contributed by atoms with van der Waals surface area (Å²) in [5, 5.41) is 0. The normalized spacial score (nSPS) is 10.6. The van der Waals surface area contributed by atoms with E-state index in [1.807, 2.05) is 36.4 Å². The van der Waals surface area contributed by atoms with Crippen molar-refractivity contribution in [1.29, 1.82) is 0 Å². The maximum Gasteiger partial charge on any atom is 0.137 e. The molecule has 0 amide bonds. The van der Waals surface area contributed by atoms with Crippen molar-refractivity contribution in [2.75, 3.05) is 6.54 Å². The van der Waals surface area contributed by atoms with Gasteiger partial charge in [0, 0.05) is 14.3 Å². The summed E-state index contributed by atoms with van der Waals surface area (Å²) >= 11 is 4.82. The number of hydrogen-bond acceptors (Lipinski definition) is 2. The van der Waals surface area contributed by atoms with Crippen LogP contribution in [0.1, 0.15) is 5.56 Å². The van der Waals surface area contributed by atoms with E-state index in [9.17, 15) is 4.39 Å². The Hall–Kier alpha value is -0.840. The van der Waals surface area contributed by atoms with Crippen LogP contribution in [0.2, 0.25) is 0 Å². The van der Waals surface area contributed by atoms with E-state index in [0.29, 0.717) is 17.9 Å². The quantitative estimate of drug-likeness (QED) is 0.909. The lowest BCUT2D eigenvalue weighted by molar-refractivity contribution is 0.599. The second kappa shape index (κ2) is 6.36. The van der Waals surface area contributed by atoms with Gasteiger partial charge in [0.05, 0.1) is 0 Å². The first kappa shape index (κ1) is 13.6. The molecule has 0 aromatic heterocycles. The summed E-state index contributed by atoms with van der Waals surface area (Å²) in [6.45, 7) is 0.539. The lowest BCUT2D eigenvalue weighted by Crippen LogP contribution is -2.02. The molecule has 0 fully saturated rings. The van der Waals surface area contributed by atoms with Gasteiger partial charge in [0.2, 0.25) is 0 Å². The summed E-state index contributed by atoms with van der Waals surface area (Å²) in [6.07, 6.45) is 0.707. The molecule has 2 aromatic rings. The first-order chi connectivity index (χ1) is 8.69. The molecule has 2 aromatic carbocycles. The van der Waals surface area contributed by atoms with E-state index >= 15 is 0 Å². The monoisotopic (exact) mass is 325 g/mol. The Labute approximate surface area is 119 Å². The summed E-state index contributed by atoms with van der Waals surface area (Å²) in [7, 11) is 0. The molecule has 0 aliphatic heterocycles. The third-order valence-electron chi connectivity index (χ3n) is 2.45. The third-order valence-corrected chi connectivity index (χ3v) is 3.99. The summed E-state index contributed by atoms with van der Waals surface area (Å²) in [5.74, 6) is -0.189. The SMILES string of the molecule is NCCc1ccc(Sc2cccc(Br)c2)c(F)c1. The minimum absolute atomic E-state index is 0.189. The minimum Gasteiger partial charge on any atom is -0.330 e. The van der Waals surface area contributed by atoms with E-state index in [1.54, 1.807) is 6.07 Å². The molecule has 0 radical (unpaired) electrons. The van der Waals surface area contributed by atoms with Crippen LogP contribution in [0.3, 0.4) is 0 Å². The number of benzene rings is 2. The summed E-state index contributed by atoms with van der Waals surface area (Å²) in [4.78, 5) is 1.64. The van der Waals surface area contributed by atoms with Gasteiger partial charge in [-0.1, -0.05) is 39.8 Å². The van der Waals surface area contributed by atoms with Gasteiger partial charge in [0.1, 0.15) is 5.82 Å². The Kier molecular flexibility index (Phi) is 4.80. The molecule has 18 heavy (non-hydrogen) atoms. The lowest BCUT2D eigenvalue weighted by atomic mass is 10.1. The average Bonchev–Trinajstić information content (AvgIpc) is 2.33. The maximum absolute atomic E-state index is 13.9. The molecular formula is C14H13BrFNS. The van der Waals surface area contributed by atoms with E-state index in [1.165, 1.54) is 11.8 Å². The molecule has 94 valence electrons. The zero-order valence-corrected chi connectivity index (χ0v) is 12.1. The molecule has 0 spiro atoms. The van der Waals surface area contributed by atoms with Gasteiger partial charge in [-0.3, -0.25) is 0 Å². The molecule has 0 atom stereocenters. The molecule has 0 saturated heterocycles. The second-order valence-corrected chi connectivity index (χ2v) is 5.89. The molecule has 4 heteroatoms. The number of halogens is 2. The van der Waals surface area contributed by atoms with Crippen molar-refractivity contribution in [1.82, 2.24) is 0 Å². The Balaban J connectivity index is 2.19. The molecule has 1 nitrogen and oxygen atoms in total. The van der Waals surface area contributed by atoms with Crippen molar-refractivity contribution in [3.05, 3.63) is 58.3 Å². The van der Waals surface area contributed by atoms with Gasteiger partial charge < -0.3 is 5.73 Å². The lowest BCUT2D eigenvalue weighted by Gasteiger charge is -2.06. The number of rotatable bonds is 4. The van der Waals surface area contributed by atoms with E-state index in [2.05, 4.69) is 15.9 Å². The number of hydrogen-bond donors (Lipinski definition) is 1. The van der Waals surface area contributed by atoms with Crippen molar-refractivity contribution < 1.29 is 4.39 Å². The highest BCUT2D eigenvalue weighted by Gasteiger charge is 2.05. The molecule has 0 unspecified atom stereocenters. The fourth-order valence-electron chi connectivity index (χ4n) is 1.61. The molecule has 0 saturated carbocycles. The zero-order chi connectivity index (χ0) is 13.0. The Bertz CT molecular complexity index is 545. The highest BCUT2D eigenvalue weighted by molar-refractivity contribution is 9.10. The molecule has 2 N–H and O–H groups in total.